The Morgan fingerprint density at radius 3 is 2.78 bits per heavy atom. The van der Waals surface area contributed by atoms with Crippen LogP contribution in [0.3, 0.4) is 0 Å². The zero-order chi connectivity index (χ0) is 13.4. The Labute approximate surface area is 115 Å². The van der Waals surface area contributed by atoms with Gasteiger partial charge in [-0.15, -0.1) is 0 Å². The predicted molar refractivity (Wildman–Crippen MR) is 78.4 cm³/mol. The minimum absolute atomic E-state index is 0.245. The van der Waals surface area contributed by atoms with Gasteiger partial charge in [-0.25, -0.2) is 0 Å². The van der Waals surface area contributed by atoms with Crippen molar-refractivity contribution in [1.29, 1.82) is 0 Å². The quantitative estimate of drug-likeness (QED) is 0.702. The molecule has 0 bridgehead atoms. The lowest BCUT2D eigenvalue weighted by molar-refractivity contribution is 0.128. The van der Waals surface area contributed by atoms with Gasteiger partial charge in [-0.2, -0.15) is 0 Å². The van der Waals surface area contributed by atoms with Crippen molar-refractivity contribution in [2.75, 3.05) is 24.7 Å². The first-order chi connectivity index (χ1) is 8.67. The highest BCUT2D eigenvalue weighted by molar-refractivity contribution is 7.85. The third kappa shape index (κ3) is 5.81. The Morgan fingerprint density at radius 1 is 1.44 bits per heavy atom. The molecule has 0 radical (unpaired) electrons. The van der Waals surface area contributed by atoms with Crippen LogP contribution in [0.1, 0.15) is 46.5 Å². The van der Waals surface area contributed by atoms with Gasteiger partial charge in [0.15, 0.2) is 0 Å². The summed E-state index contributed by atoms with van der Waals surface area (Å²) in [6.07, 6.45) is 4.73. The van der Waals surface area contributed by atoms with E-state index in [0.717, 1.165) is 50.3 Å². The largest absolute Gasteiger partial charge is 0.377 e. The van der Waals surface area contributed by atoms with Gasteiger partial charge in [0.1, 0.15) is 0 Å². The predicted octanol–water partition coefficient (Wildman–Crippen LogP) is 2.33. The highest BCUT2D eigenvalue weighted by Crippen LogP contribution is 2.15. The van der Waals surface area contributed by atoms with Gasteiger partial charge >= 0.3 is 0 Å². The minimum Gasteiger partial charge on any atom is -0.377 e. The first-order valence-corrected chi connectivity index (χ1v) is 8.86. The van der Waals surface area contributed by atoms with Gasteiger partial charge < -0.3 is 10.1 Å². The first kappa shape index (κ1) is 16.1. The van der Waals surface area contributed by atoms with E-state index in [1.165, 1.54) is 0 Å². The summed E-state index contributed by atoms with van der Waals surface area (Å²) in [7, 11) is -0.753. The maximum absolute atomic E-state index is 12.2. The van der Waals surface area contributed by atoms with E-state index in [0.29, 0.717) is 12.0 Å². The second-order valence-electron chi connectivity index (χ2n) is 5.35. The van der Waals surface area contributed by atoms with E-state index in [9.17, 15) is 4.21 Å². The van der Waals surface area contributed by atoms with Gasteiger partial charge in [-0.1, -0.05) is 27.2 Å². The van der Waals surface area contributed by atoms with E-state index in [1.807, 2.05) is 0 Å². The Kier molecular flexibility index (Phi) is 8.11. The molecule has 1 N–H and O–H groups in total. The topological polar surface area (TPSA) is 38.3 Å². The van der Waals surface area contributed by atoms with Crippen LogP contribution in [0, 0.1) is 5.92 Å². The van der Waals surface area contributed by atoms with Crippen molar-refractivity contribution < 1.29 is 8.95 Å². The lowest BCUT2D eigenvalue weighted by atomic mass is 10.0. The van der Waals surface area contributed by atoms with Crippen molar-refractivity contribution in [2.24, 2.45) is 5.92 Å². The normalized spacial score (nSPS) is 24.9. The second kappa shape index (κ2) is 9.05. The fraction of sp³-hybridized carbons (Fsp3) is 1.00. The molecule has 1 saturated heterocycles. The van der Waals surface area contributed by atoms with E-state index in [4.69, 9.17) is 4.74 Å². The summed E-state index contributed by atoms with van der Waals surface area (Å²) in [5.74, 6) is 2.08. The van der Waals surface area contributed by atoms with Crippen molar-refractivity contribution in [1.82, 2.24) is 5.32 Å². The SMILES string of the molecule is CCCNC(CS(=O)CC1CCCO1)C(C)CC. The van der Waals surface area contributed by atoms with Crippen LogP contribution in [-0.2, 0) is 15.5 Å². The Hall–Kier alpha value is 0.0700. The molecule has 1 fully saturated rings. The number of ether oxygens (including phenoxy) is 1. The van der Waals surface area contributed by atoms with E-state index in [1.54, 1.807) is 0 Å². The minimum atomic E-state index is -0.753. The third-order valence-corrected chi connectivity index (χ3v) is 5.22. The fourth-order valence-electron chi connectivity index (χ4n) is 2.29. The summed E-state index contributed by atoms with van der Waals surface area (Å²) >= 11 is 0. The van der Waals surface area contributed by atoms with Crippen LogP contribution >= 0.6 is 0 Å². The van der Waals surface area contributed by atoms with Crippen LogP contribution in [0.25, 0.3) is 0 Å². The van der Waals surface area contributed by atoms with Crippen molar-refractivity contribution in [2.45, 2.75) is 58.6 Å². The molecule has 0 aromatic rings. The van der Waals surface area contributed by atoms with E-state index < -0.39 is 10.8 Å². The standard InChI is InChI=1S/C14H29NO2S/c1-4-8-15-14(12(3)5-2)11-18(16)10-13-7-6-9-17-13/h12-15H,4-11H2,1-3H3. The summed E-state index contributed by atoms with van der Waals surface area (Å²) in [6.45, 7) is 8.49. The van der Waals surface area contributed by atoms with Crippen molar-refractivity contribution in [3.8, 4) is 0 Å². The monoisotopic (exact) mass is 275 g/mol. The summed E-state index contributed by atoms with van der Waals surface area (Å²) in [4.78, 5) is 0. The molecule has 1 aliphatic heterocycles. The highest BCUT2D eigenvalue weighted by atomic mass is 32.2. The second-order valence-corrected chi connectivity index (χ2v) is 6.90. The molecule has 0 aromatic heterocycles. The Bertz CT molecular complexity index is 242. The number of hydrogen-bond acceptors (Lipinski definition) is 3. The maximum Gasteiger partial charge on any atom is 0.0691 e. The van der Waals surface area contributed by atoms with Gasteiger partial charge in [0, 0.05) is 35.0 Å². The molecule has 4 atom stereocenters. The molecule has 1 rings (SSSR count). The van der Waals surface area contributed by atoms with Gasteiger partial charge in [-0.05, 0) is 31.7 Å². The summed E-state index contributed by atoms with van der Waals surface area (Å²) in [5.41, 5.74) is 0. The first-order valence-electron chi connectivity index (χ1n) is 7.37. The van der Waals surface area contributed by atoms with Crippen molar-refractivity contribution in [3.05, 3.63) is 0 Å². The van der Waals surface area contributed by atoms with Crippen LogP contribution in [0.15, 0.2) is 0 Å². The van der Waals surface area contributed by atoms with Gasteiger partial charge in [0.25, 0.3) is 0 Å². The molecule has 0 aromatic carbocycles. The molecule has 18 heavy (non-hydrogen) atoms. The fourth-order valence-corrected chi connectivity index (χ4v) is 3.95. The van der Waals surface area contributed by atoms with Crippen molar-refractivity contribution >= 4 is 10.8 Å². The average molecular weight is 275 g/mol. The lowest BCUT2D eigenvalue weighted by Crippen LogP contribution is -2.40. The molecular weight excluding hydrogens is 246 g/mol. The van der Waals surface area contributed by atoms with Crippen LogP contribution in [0.5, 0.6) is 0 Å². The molecule has 0 aliphatic carbocycles. The Morgan fingerprint density at radius 2 is 2.22 bits per heavy atom. The number of rotatable bonds is 9. The summed E-state index contributed by atoms with van der Waals surface area (Å²) in [6, 6.07) is 0.386. The highest BCUT2D eigenvalue weighted by Gasteiger charge is 2.22. The van der Waals surface area contributed by atoms with Crippen LogP contribution in [-0.4, -0.2) is 41.0 Å². The van der Waals surface area contributed by atoms with Gasteiger partial charge in [0.05, 0.1) is 6.10 Å². The summed E-state index contributed by atoms with van der Waals surface area (Å²) < 4.78 is 17.7. The molecule has 0 saturated carbocycles. The van der Waals surface area contributed by atoms with Crippen LogP contribution in [0.2, 0.25) is 0 Å². The van der Waals surface area contributed by atoms with E-state index in [-0.39, 0.29) is 6.10 Å². The number of nitrogens with one attached hydrogen (secondary N) is 1. The van der Waals surface area contributed by atoms with Gasteiger partial charge in [-0.3, -0.25) is 4.21 Å². The summed E-state index contributed by atoms with van der Waals surface area (Å²) in [5, 5.41) is 3.54. The zero-order valence-electron chi connectivity index (χ0n) is 12.1. The molecule has 1 heterocycles. The van der Waals surface area contributed by atoms with E-state index >= 15 is 0 Å². The van der Waals surface area contributed by atoms with Crippen LogP contribution in [0.4, 0.5) is 0 Å². The number of hydrogen-bond donors (Lipinski definition) is 1. The maximum atomic E-state index is 12.2. The molecule has 0 amide bonds. The smallest absolute Gasteiger partial charge is 0.0691 e. The van der Waals surface area contributed by atoms with E-state index in [2.05, 4.69) is 26.1 Å². The third-order valence-electron chi connectivity index (χ3n) is 3.75. The zero-order valence-corrected chi connectivity index (χ0v) is 12.9. The molecule has 4 heteroatoms. The Balaban J connectivity index is 2.35. The van der Waals surface area contributed by atoms with Crippen molar-refractivity contribution in [3.63, 3.8) is 0 Å². The molecule has 1 aliphatic rings. The molecule has 4 unspecified atom stereocenters. The van der Waals surface area contributed by atoms with Crippen LogP contribution < -0.4 is 5.32 Å². The molecule has 108 valence electrons. The molecule has 0 spiro atoms. The molecular formula is C14H29NO2S. The molecule has 3 nitrogen and oxygen atoms in total. The average Bonchev–Trinajstić information content (AvgIpc) is 2.86. The lowest BCUT2D eigenvalue weighted by Gasteiger charge is -2.24. The van der Waals surface area contributed by atoms with Gasteiger partial charge in [0.2, 0.25) is 0 Å².